The van der Waals surface area contributed by atoms with Crippen molar-refractivity contribution in [1.82, 2.24) is 10.2 Å². The standard InChI is InChI=1S/C15H21F3N2.2ClH/c1-3-10(2)15(20-6-4-19-5-7-20)11-8-13(17)14(18)9-12(11)16;;/h8-10,15,19H,3-7H2,1-2H3;2*1H/t10?,15-;;/m1../s1. The van der Waals surface area contributed by atoms with Crippen molar-refractivity contribution in [2.45, 2.75) is 26.3 Å². The molecule has 0 saturated carbocycles. The van der Waals surface area contributed by atoms with Crippen LogP contribution in [0.5, 0.6) is 0 Å². The number of halogens is 5. The van der Waals surface area contributed by atoms with Gasteiger partial charge in [0.05, 0.1) is 0 Å². The second-order valence-corrected chi connectivity index (χ2v) is 5.40. The molecule has 2 rings (SSSR count). The smallest absolute Gasteiger partial charge is 0.161 e. The predicted octanol–water partition coefficient (Wildman–Crippen LogP) is 3.94. The maximum Gasteiger partial charge on any atom is 0.161 e. The Balaban J connectivity index is 0.00000220. The van der Waals surface area contributed by atoms with Gasteiger partial charge in [-0.3, -0.25) is 4.90 Å². The number of nitrogens with zero attached hydrogens (tertiary/aromatic N) is 1. The third-order valence-electron chi connectivity index (χ3n) is 4.09. The molecule has 0 aliphatic carbocycles. The zero-order valence-electron chi connectivity index (χ0n) is 12.7. The molecule has 2 nitrogen and oxygen atoms in total. The zero-order chi connectivity index (χ0) is 14.7. The van der Waals surface area contributed by atoms with Crippen LogP contribution in [0.2, 0.25) is 0 Å². The Morgan fingerprint density at radius 1 is 1.05 bits per heavy atom. The molecule has 128 valence electrons. The van der Waals surface area contributed by atoms with E-state index in [1.54, 1.807) is 0 Å². The fraction of sp³-hybridized carbons (Fsp3) is 0.600. The lowest BCUT2D eigenvalue weighted by Gasteiger charge is -2.38. The average molecular weight is 359 g/mol. The van der Waals surface area contributed by atoms with Crippen LogP contribution in [-0.4, -0.2) is 31.1 Å². The van der Waals surface area contributed by atoms with Crippen molar-refractivity contribution < 1.29 is 13.2 Å². The highest BCUT2D eigenvalue weighted by Crippen LogP contribution is 2.33. The molecular weight excluding hydrogens is 336 g/mol. The van der Waals surface area contributed by atoms with Gasteiger partial charge >= 0.3 is 0 Å². The van der Waals surface area contributed by atoms with Gasteiger partial charge in [0, 0.05) is 43.9 Å². The minimum absolute atomic E-state index is 0. The van der Waals surface area contributed by atoms with Crippen molar-refractivity contribution in [2.24, 2.45) is 5.92 Å². The summed E-state index contributed by atoms with van der Waals surface area (Å²) in [4.78, 5) is 2.15. The van der Waals surface area contributed by atoms with Crippen LogP contribution in [0.25, 0.3) is 0 Å². The number of rotatable bonds is 4. The summed E-state index contributed by atoms with van der Waals surface area (Å²) in [7, 11) is 0. The van der Waals surface area contributed by atoms with Crippen molar-refractivity contribution in [3.05, 3.63) is 35.1 Å². The second kappa shape index (κ2) is 9.60. The Bertz CT molecular complexity index is 468. The highest BCUT2D eigenvalue weighted by atomic mass is 35.5. The lowest BCUT2D eigenvalue weighted by atomic mass is 9.90. The molecule has 1 aliphatic heterocycles. The van der Waals surface area contributed by atoms with Crippen LogP contribution in [0.15, 0.2) is 12.1 Å². The van der Waals surface area contributed by atoms with Crippen LogP contribution in [0.4, 0.5) is 13.2 Å². The molecule has 1 aliphatic rings. The van der Waals surface area contributed by atoms with Gasteiger partial charge in [0.1, 0.15) is 5.82 Å². The summed E-state index contributed by atoms with van der Waals surface area (Å²) in [5.41, 5.74) is 0.264. The van der Waals surface area contributed by atoms with Crippen molar-refractivity contribution in [2.75, 3.05) is 26.2 Å². The van der Waals surface area contributed by atoms with E-state index < -0.39 is 17.5 Å². The monoisotopic (exact) mass is 358 g/mol. The predicted molar refractivity (Wildman–Crippen MR) is 87.5 cm³/mol. The van der Waals surface area contributed by atoms with E-state index in [9.17, 15) is 13.2 Å². The van der Waals surface area contributed by atoms with Crippen LogP contribution in [-0.2, 0) is 0 Å². The van der Waals surface area contributed by atoms with Gasteiger partial charge in [0.15, 0.2) is 11.6 Å². The first-order chi connectivity index (χ1) is 9.54. The topological polar surface area (TPSA) is 15.3 Å². The van der Waals surface area contributed by atoms with Crippen LogP contribution >= 0.6 is 24.8 Å². The van der Waals surface area contributed by atoms with Gasteiger partial charge in [-0.05, 0) is 12.0 Å². The van der Waals surface area contributed by atoms with E-state index in [1.165, 1.54) is 0 Å². The highest BCUT2D eigenvalue weighted by Gasteiger charge is 2.29. The van der Waals surface area contributed by atoms with E-state index in [4.69, 9.17) is 0 Å². The van der Waals surface area contributed by atoms with Crippen molar-refractivity contribution in [3.63, 3.8) is 0 Å². The minimum atomic E-state index is -1.13. The summed E-state index contributed by atoms with van der Waals surface area (Å²) in [5.74, 6) is -2.60. The molecule has 1 heterocycles. The van der Waals surface area contributed by atoms with Gasteiger partial charge in [0.2, 0.25) is 0 Å². The molecule has 1 aromatic carbocycles. The molecule has 0 aromatic heterocycles. The first-order valence-electron chi connectivity index (χ1n) is 7.13. The third kappa shape index (κ3) is 4.75. The van der Waals surface area contributed by atoms with Crippen LogP contribution in [0, 0.1) is 23.4 Å². The molecule has 1 N–H and O–H groups in total. The average Bonchev–Trinajstić information content (AvgIpc) is 2.45. The van der Waals surface area contributed by atoms with Gasteiger partial charge in [0.25, 0.3) is 0 Å². The third-order valence-corrected chi connectivity index (χ3v) is 4.09. The largest absolute Gasteiger partial charge is 0.314 e. The number of piperazine rings is 1. The molecular formula is C15H23Cl2F3N2. The van der Waals surface area contributed by atoms with Crippen molar-refractivity contribution in [1.29, 1.82) is 0 Å². The Morgan fingerprint density at radius 3 is 2.14 bits per heavy atom. The minimum Gasteiger partial charge on any atom is -0.314 e. The van der Waals surface area contributed by atoms with Gasteiger partial charge in [-0.15, -0.1) is 24.8 Å². The zero-order valence-corrected chi connectivity index (χ0v) is 14.4. The number of hydrogen-bond donors (Lipinski definition) is 1. The second-order valence-electron chi connectivity index (χ2n) is 5.40. The summed E-state index contributed by atoms with van der Waals surface area (Å²) >= 11 is 0. The van der Waals surface area contributed by atoms with Gasteiger partial charge < -0.3 is 5.32 Å². The first kappa shape index (κ1) is 21.5. The Hall–Kier alpha value is -0.490. The molecule has 1 fully saturated rings. The van der Waals surface area contributed by atoms with E-state index in [-0.39, 0.29) is 42.3 Å². The van der Waals surface area contributed by atoms with Crippen LogP contribution < -0.4 is 5.32 Å². The molecule has 1 saturated heterocycles. The van der Waals surface area contributed by atoms with Gasteiger partial charge in [-0.2, -0.15) is 0 Å². The molecule has 0 spiro atoms. The van der Waals surface area contributed by atoms with E-state index >= 15 is 0 Å². The molecule has 7 heteroatoms. The molecule has 1 unspecified atom stereocenters. The van der Waals surface area contributed by atoms with Crippen LogP contribution in [0.1, 0.15) is 31.9 Å². The molecule has 0 bridgehead atoms. The summed E-state index contributed by atoms with van der Waals surface area (Å²) in [6, 6.07) is 1.46. The lowest BCUT2D eigenvalue weighted by Crippen LogP contribution is -2.46. The van der Waals surface area contributed by atoms with Crippen LogP contribution in [0.3, 0.4) is 0 Å². The summed E-state index contributed by atoms with van der Waals surface area (Å²) in [5, 5.41) is 3.24. The summed E-state index contributed by atoms with van der Waals surface area (Å²) < 4.78 is 40.7. The molecule has 0 amide bonds. The van der Waals surface area contributed by atoms with E-state index in [0.717, 1.165) is 38.7 Å². The highest BCUT2D eigenvalue weighted by molar-refractivity contribution is 5.85. The van der Waals surface area contributed by atoms with Gasteiger partial charge in [-0.1, -0.05) is 20.3 Å². The van der Waals surface area contributed by atoms with Crippen molar-refractivity contribution in [3.8, 4) is 0 Å². The fourth-order valence-electron chi connectivity index (χ4n) is 2.81. The molecule has 1 aromatic rings. The fourth-order valence-corrected chi connectivity index (χ4v) is 2.81. The van der Waals surface area contributed by atoms with Crippen molar-refractivity contribution >= 4 is 24.8 Å². The Labute approximate surface area is 142 Å². The normalized spacial score (nSPS) is 18.0. The SMILES string of the molecule is CCC(C)[C@H](c1cc(F)c(F)cc1F)N1CCNCC1.Cl.Cl. The number of hydrogen-bond acceptors (Lipinski definition) is 2. The molecule has 2 atom stereocenters. The maximum absolute atomic E-state index is 14.1. The van der Waals surface area contributed by atoms with Gasteiger partial charge in [-0.25, -0.2) is 13.2 Å². The summed E-state index contributed by atoms with van der Waals surface area (Å²) in [6.07, 6.45) is 0.854. The first-order valence-corrected chi connectivity index (χ1v) is 7.13. The molecule has 0 radical (unpaired) electrons. The number of nitrogens with one attached hydrogen (secondary N) is 1. The Morgan fingerprint density at radius 2 is 1.59 bits per heavy atom. The van der Waals surface area contributed by atoms with E-state index in [2.05, 4.69) is 10.2 Å². The maximum atomic E-state index is 14.1. The van der Waals surface area contributed by atoms with E-state index in [1.807, 2.05) is 13.8 Å². The lowest BCUT2D eigenvalue weighted by molar-refractivity contribution is 0.125. The number of benzene rings is 1. The summed E-state index contributed by atoms with van der Waals surface area (Å²) in [6.45, 7) is 7.28. The Kier molecular flexibility index (Phi) is 9.39. The van der Waals surface area contributed by atoms with E-state index in [0.29, 0.717) is 6.07 Å². The quantitative estimate of drug-likeness (QED) is 0.820. The molecule has 22 heavy (non-hydrogen) atoms.